The molecule has 2 N–H and O–H groups in total. The molecule has 0 saturated carbocycles. The average molecular weight is 567 g/mol. The lowest BCUT2D eigenvalue weighted by molar-refractivity contribution is -0.117. The van der Waals surface area contributed by atoms with Gasteiger partial charge in [0, 0.05) is 35.1 Å². The van der Waals surface area contributed by atoms with Crippen molar-refractivity contribution in [2.45, 2.75) is 65.2 Å². The highest BCUT2D eigenvalue weighted by Crippen LogP contribution is 2.35. The van der Waals surface area contributed by atoms with Gasteiger partial charge in [0.25, 0.3) is 0 Å². The van der Waals surface area contributed by atoms with E-state index in [2.05, 4.69) is 13.8 Å². The molecule has 0 radical (unpaired) electrons. The first-order valence-corrected chi connectivity index (χ1v) is 15.1. The lowest BCUT2D eigenvalue weighted by atomic mass is 9.96. The van der Waals surface area contributed by atoms with Gasteiger partial charge in [-0.3, -0.25) is 4.79 Å². The number of benzene rings is 4. The van der Waals surface area contributed by atoms with E-state index in [-0.39, 0.29) is 30.1 Å². The van der Waals surface area contributed by atoms with Crippen LogP contribution in [0.15, 0.2) is 84.9 Å². The third kappa shape index (κ3) is 8.39. The van der Waals surface area contributed by atoms with E-state index >= 15 is 0 Å². The summed E-state index contributed by atoms with van der Waals surface area (Å²) in [5.41, 5.74) is 4.57. The summed E-state index contributed by atoms with van der Waals surface area (Å²) in [7, 11) is 0. The summed E-state index contributed by atoms with van der Waals surface area (Å²) in [5, 5.41) is 21.6. The van der Waals surface area contributed by atoms with Gasteiger partial charge in [0.15, 0.2) is 0 Å². The number of aromatic hydroxyl groups is 2. The Labute approximate surface area is 249 Å². The number of unbranched alkanes of at least 4 members (excludes halogenated alkanes) is 4. The molecule has 0 saturated heterocycles. The van der Waals surface area contributed by atoms with Crippen molar-refractivity contribution >= 4 is 5.78 Å². The summed E-state index contributed by atoms with van der Waals surface area (Å²) in [6.07, 6.45) is 6.63. The molecule has 5 nitrogen and oxygen atoms in total. The Hall–Kier alpha value is -4.25. The molecule has 0 aromatic heterocycles. The quantitative estimate of drug-likeness (QED) is 0.132. The molecule has 0 aliphatic rings. The van der Waals surface area contributed by atoms with E-state index in [0.29, 0.717) is 24.3 Å². The van der Waals surface area contributed by atoms with E-state index in [1.165, 1.54) is 0 Å². The van der Waals surface area contributed by atoms with Crippen molar-refractivity contribution in [3.63, 3.8) is 0 Å². The van der Waals surface area contributed by atoms with Gasteiger partial charge < -0.3 is 19.7 Å². The summed E-state index contributed by atoms with van der Waals surface area (Å²) in [5.74, 6) is 1.59. The van der Waals surface area contributed by atoms with Crippen LogP contribution in [-0.2, 0) is 17.6 Å². The molecule has 0 amide bonds. The van der Waals surface area contributed by atoms with Crippen LogP contribution in [0, 0.1) is 0 Å². The number of carbonyl (C=O) groups is 1. The zero-order chi connectivity index (χ0) is 29.7. The topological polar surface area (TPSA) is 76.0 Å². The standard InChI is InChI=1S/C37H42O5/c1-3-5-11-21-41-36-15-9-7-13-32(36)27-17-19-29(34(39)25-27)23-31(38)24-30-20-18-28(26-35(30)40)33-14-8-10-16-37(33)42-22-12-6-4-2/h7-10,13-20,25-26,39-40H,3-6,11-12,21-24H2,1-2H3. The fourth-order valence-corrected chi connectivity index (χ4v) is 4.98. The van der Waals surface area contributed by atoms with Gasteiger partial charge in [-0.25, -0.2) is 0 Å². The van der Waals surface area contributed by atoms with Crippen LogP contribution in [0.25, 0.3) is 22.3 Å². The van der Waals surface area contributed by atoms with Crippen LogP contribution in [0.2, 0.25) is 0 Å². The van der Waals surface area contributed by atoms with Gasteiger partial charge in [-0.2, -0.15) is 0 Å². The third-order valence-corrected chi connectivity index (χ3v) is 7.35. The van der Waals surface area contributed by atoms with E-state index in [9.17, 15) is 15.0 Å². The molecule has 0 unspecified atom stereocenters. The van der Waals surface area contributed by atoms with Crippen LogP contribution in [-0.4, -0.2) is 29.2 Å². The molecular weight excluding hydrogens is 524 g/mol. The molecule has 0 spiro atoms. The Balaban J connectivity index is 1.41. The number of Topliss-reactive ketones (excluding diaryl/α,β-unsaturated/α-hetero) is 1. The van der Waals surface area contributed by atoms with Crippen LogP contribution in [0.1, 0.15) is 63.5 Å². The Morgan fingerprint density at radius 1 is 0.595 bits per heavy atom. The van der Waals surface area contributed by atoms with Gasteiger partial charge in [0.05, 0.1) is 13.2 Å². The molecule has 0 atom stereocenters. The van der Waals surface area contributed by atoms with Crippen molar-refractivity contribution < 1.29 is 24.5 Å². The van der Waals surface area contributed by atoms with Crippen LogP contribution < -0.4 is 9.47 Å². The summed E-state index contributed by atoms with van der Waals surface area (Å²) >= 11 is 0. The van der Waals surface area contributed by atoms with Gasteiger partial charge >= 0.3 is 0 Å². The zero-order valence-electron chi connectivity index (χ0n) is 24.8. The average Bonchev–Trinajstić information content (AvgIpc) is 3.00. The number of rotatable bonds is 16. The Kier molecular flexibility index (Phi) is 11.5. The van der Waals surface area contributed by atoms with Crippen molar-refractivity contribution in [2.75, 3.05) is 13.2 Å². The number of hydrogen-bond donors (Lipinski definition) is 2. The molecule has 0 bridgehead atoms. The minimum Gasteiger partial charge on any atom is -0.508 e. The lowest BCUT2D eigenvalue weighted by Gasteiger charge is -2.14. The highest BCUT2D eigenvalue weighted by Gasteiger charge is 2.15. The van der Waals surface area contributed by atoms with E-state index in [4.69, 9.17) is 9.47 Å². The second-order valence-electron chi connectivity index (χ2n) is 10.7. The molecule has 4 aromatic rings. The van der Waals surface area contributed by atoms with Gasteiger partial charge in [0.2, 0.25) is 0 Å². The molecular formula is C37H42O5. The molecule has 0 aliphatic carbocycles. The molecule has 42 heavy (non-hydrogen) atoms. The fourth-order valence-electron chi connectivity index (χ4n) is 4.98. The second-order valence-corrected chi connectivity index (χ2v) is 10.7. The number of hydrogen-bond acceptors (Lipinski definition) is 5. The van der Waals surface area contributed by atoms with E-state index < -0.39 is 0 Å². The molecule has 220 valence electrons. The number of carbonyl (C=O) groups excluding carboxylic acids is 1. The zero-order valence-corrected chi connectivity index (χ0v) is 24.8. The molecule has 0 aliphatic heterocycles. The molecule has 4 aromatic carbocycles. The van der Waals surface area contributed by atoms with Crippen molar-refractivity contribution in [1.82, 2.24) is 0 Å². The van der Waals surface area contributed by atoms with Crippen LogP contribution in [0.4, 0.5) is 0 Å². The minimum atomic E-state index is -0.0968. The van der Waals surface area contributed by atoms with E-state index in [0.717, 1.165) is 72.3 Å². The number of phenolic OH excluding ortho intramolecular Hbond substituents is 2. The maximum absolute atomic E-state index is 13.0. The molecule has 4 rings (SSSR count). The SMILES string of the molecule is CCCCCOc1ccccc1-c1ccc(CC(=O)Cc2ccc(-c3ccccc3OCCCCC)cc2O)c(O)c1. The number of ether oxygens (including phenoxy) is 2. The first kappa shape index (κ1) is 30.7. The minimum absolute atomic E-state index is 0.0664. The Morgan fingerprint density at radius 2 is 1.02 bits per heavy atom. The normalized spacial score (nSPS) is 10.9. The summed E-state index contributed by atoms with van der Waals surface area (Å²) in [6, 6.07) is 26.3. The van der Waals surface area contributed by atoms with Crippen molar-refractivity contribution in [3.8, 4) is 45.3 Å². The largest absolute Gasteiger partial charge is 0.508 e. The molecule has 0 heterocycles. The van der Waals surface area contributed by atoms with Crippen LogP contribution >= 0.6 is 0 Å². The van der Waals surface area contributed by atoms with Crippen LogP contribution in [0.3, 0.4) is 0 Å². The summed E-state index contributed by atoms with van der Waals surface area (Å²) in [4.78, 5) is 13.0. The Morgan fingerprint density at radius 3 is 1.43 bits per heavy atom. The molecule has 5 heteroatoms. The number of para-hydroxylation sites is 2. The lowest BCUT2D eigenvalue weighted by Crippen LogP contribution is -2.07. The third-order valence-electron chi connectivity index (χ3n) is 7.35. The maximum Gasteiger partial charge on any atom is 0.141 e. The monoisotopic (exact) mass is 566 g/mol. The maximum atomic E-state index is 13.0. The van der Waals surface area contributed by atoms with Crippen LogP contribution in [0.5, 0.6) is 23.0 Å². The fraction of sp³-hybridized carbons (Fsp3) is 0.324. The number of ketones is 1. The Bertz CT molecular complexity index is 1350. The number of phenols is 2. The molecule has 0 fully saturated rings. The highest BCUT2D eigenvalue weighted by molar-refractivity contribution is 5.85. The smallest absolute Gasteiger partial charge is 0.141 e. The van der Waals surface area contributed by atoms with Crippen molar-refractivity contribution in [3.05, 3.63) is 96.1 Å². The van der Waals surface area contributed by atoms with Crippen molar-refractivity contribution in [1.29, 1.82) is 0 Å². The van der Waals surface area contributed by atoms with E-state index in [1.54, 1.807) is 24.3 Å². The predicted molar refractivity (Wildman–Crippen MR) is 170 cm³/mol. The summed E-state index contributed by atoms with van der Waals surface area (Å²) in [6.45, 7) is 5.62. The van der Waals surface area contributed by atoms with E-state index in [1.807, 2.05) is 60.7 Å². The van der Waals surface area contributed by atoms with Gasteiger partial charge in [-0.15, -0.1) is 0 Å². The first-order valence-electron chi connectivity index (χ1n) is 15.1. The summed E-state index contributed by atoms with van der Waals surface area (Å²) < 4.78 is 12.0. The predicted octanol–water partition coefficient (Wildman–Crippen LogP) is 8.92. The highest BCUT2D eigenvalue weighted by atomic mass is 16.5. The second kappa shape index (κ2) is 15.7. The van der Waals surface area contributed by atoms with Gasteiger partial charge in [-0.05, 0) is 48.2 Å². The first-order chi connectivity index (χ1) is 20.5. The van der Waals surface area contributed by atoms with Gasteiger partial charge in [-0.1, -0.05) is 100 Å². The van der Waals surface area contributed by atoms with Gasteiger partial charge in [0.1, 0.15) is 28.8 Å². The van der Waals surface area contributed by atoms with Crippen molar-refractivity contribution in [2.24, 2.45) is 0 Å².